The average molecular weight is 290 g/mol. The highest BCUT2D eigenvalue weighted by Gasteiger charge is 2.27. The number of hydrogen-bond donors (Lipinski definition) is 4. The number of aliphatic hydroxyl groups excluding tert-OH is 1. The first-order valence-electron chi connectivity index (χ1n) is 6.16. The molecule has 1 fully saturated rings. The number of nitrogens with one attached hydrogen (secondary N) is 1. The first-order chi connectivity index (χ1) is 9.43. The lowest BCUT2D eigenvalue weighted by atomic mass is 10.1. The van der Waals surface area contributed by atoms with Crippen molar-refractivity contribution in [1.29, 1.82) is 0 Å². The molecular formula is C11H18N2O7. The van der Waals surface area contributed by atoms with Gasteiger partial charge in [-0.2, -0.15) is 0 Å². The fourth-order valence-corrected chi connectivity index (χ4v) is 1.78. The summed E-state index contributed by atoms with van der Waals surface area (Å²) in [6.07, 6.45) is -1.03. The predicted molar refractivity (Wildman–Crippen MR) is 65.2 cm³/mol. The number of carbonyl (C=O) groups excluding carboxylic acids is 1. The largest absolute Gasteiger partial charge is 0.481 e. The van der Waals surface area contributed by atoms with Crippen LogP contribution in [0.15, 0.2) is 0 Å². The summed E-state index contributed by atoms with van der Waals surface area (Å²) in [7, 11) is 0. The molecule has 0 radical (unpaired) electrons. The molecule has 1 heterocycles. The molecule has 1 unspecified atom stereocenters. The minimum absolute atomic E-state index is 0.160. The van der Waals surface area contributed by atoms with Gasteiger partial charge in [0.05, 0.1) is 25.9 Å². The lowest BCUT2D eigenvalue weighted by molar-refractivity contribution is -0.140. The number of morpholine rings is 1. The van der Waals surface area contributed by atoms with Gasteiger partial charge in [-0.1, -0.05) is 0 Å². The molecule has 114 valence electrons. The van der Waals surface area contributed by atoms with E-state index in [4.69, 9.17) is 20.1 Å². The normalized spacial score (nSPS) is 20.2. The number of aliphatic carboxylic acids is 2. The number of carboxylic acids is 2. The topological polar surface area (TPSA) is 136 Å². The van der Waals surface area contributed by atoms with E-state index >= 15 is 0 Å². The smallest absolute Gasteiger partial charge is 0.326 e. The molecule has 0 aromatic carbocycles. The van der Waals surface area contributed by atoms with Crippen LogP contribution < -0.4 is 5.32 Å². The maximum Gasteiger partial charge on any atom is 0.326 e. The molecular weight excluding hydrogens is 272 g/mol. The van der Waals surface area contributed by atoms with Gasteiger partial charge < -0.3 is 30.3 Å². The molecule has 1 aliphatic rings. The van der Waals surface area contributed by atoms with Gasteiger partial charge in [0.15, 0.2) is 0 Å². The third-order valence-corrected chi connectivity index (χ3v) is 2.87. The van der Waals surface area contributed by atoms with Gasteiger partial charge in [-0.05, 0) is 6.42 Å². The molecule has 9 heteroatoms. The van der Waals surface area contributed by atoms with Crippen LogP contribution in [0, 0.1) is 0 Å². The lowest BCUT2D eigenvalue weighted by Crippen LogP contribution is -2.54. The van der Waals surface area contributed by atoms with Crippen LogP contribution in [-0.2, 0) is 14.3 Å². The second kappa shape index (κ2) is 7.65. The zero-order valence-corrected chi connectivity index (χ0v) is 10.8. The van der Waals surface area contributed by atoms with E-state index < -0.39 is 30.1 Å². The Morgan fingerprint density at radius 1 is 1.35 bits per heavy atom. The highest BCUT2D eigenvalue weighted by molar-refractivity contribution is 5.83. The Morgan fingerprint density at radius 3 is 2.60 bits per heavy atom. The van der Waals surface area contributed by atoms with E-state index in [1.165, 1.54) is 4.90 Å². The Kier molecular flexibility index (Phi) is 6.19. The van der Waals surface area contributed by atoms with Gasteiger partial charge in [0.25, 0.3) is 0 Å². The Labute approximate surface area is 115 Å². The fraction of sp³-hybridized carbons (Fsp3) is 0.727. The summed E-state index contributed by atoms with van der Waals surface area (Å²) in [6, 6.07) is -1.86. The maximum absolute atomic E-state index is 11.9. The maximum atomic E-state index is 11.9. The number of carboxylic acid groups (broad SMARTS) is 2. The number of ether oxygens (including phenoxy) is 1. The second-order valence-electron chi connectivity index (χ2n) is 4.39. The van der Waals surface area contributed by atoms with Crippen molar-refractivity contribution in [3.63, 3.8) is 0 Å². The summed E-state index contributed by atoms with van der Waals surface area (Å²) in [5.74, 6) is -2.41. The molecule has 0 aromatic rings. The molecule has 0 aliphatic carbocycles. The van der Waals surface area contributed by atoms with Crippen molar-refractivity contribution in [3.8, 4) is 0 Å². The van der Waals surface area contributed by atoms with Gasteiger partial charge in [0.2, 0.25) is 0 Å². The van der Waals surface area contributed by atoms with Gasteiger partial charge in [0, 0.05) is 13.0 Å². The first-order valence-corrected chi connectivity index (χ1v) is 6.16. The van der Waals surface area contributed by atoms with Crippen molar-refractivity contribution in [2.24, 2.45) is 0 Å². The van der Waals surface area contributed by atoms with Crippen molar-refractivity contribution >= 4 is 18.0 Å². The number of rotatable bonds is 6. The molecule has 0 aromatic heterocycles. The molecule has 1 saturated heterocycles. The standard InChI is InChI=1S/C11H18N2O7/c14-6-7-5-13(3-4-20-7)11(19)12-8(10(17)18)1-2-9(15)16/h7-8,14H,1-6H2,(H,12,19)(H,15,16)(H,17,18)/t7?,8-/m0/s1. The zero-order valence-electron chi connectivity index (χ0n) is 10.8. The number of urea groups is 1. The molecule has 2 atom stereocenters. The third-order valence-electron chi connectivity index (χ3n) is 2.87. The minimum atomic E-state index is -1.29. The molecule has 0 saturated carbocycles. The number of nitrogens with zero attached hydrogens (tertiary/aromatic N) is 1. The molecule has 1 rings (SSSR count). The van der Waals surface area contributed by atoms with E-state index in [9.17, 15) is 14.4 Å². The summed E-state index contributed by atoms with van der Waals surface area (Å²) in [5.41, 5.74) is 0. The van der Waals surface area contributed by atoms with E-state index in [0.717, 1.165) is 0 Å². The van der Waals surface area contributed by atoms with Crippen LogP contribution in [0.2, 0.25) is 0 Å². The lowest BCUT2D eigenvalue weighted by Gasteiger charge is -2.32. The number of aliphatic hydroxyl groups is 1. The van der Waals surface area contributed by atoms with E-state index in [1.54, 1.807) is 0 Å². The second-order valence-corrected chi connectivity index (χ2v) is 4.39. The highest BCUT2D eigenvalue weighted by Crippen LogP contribution is 2.06. The van der Waals surface area contributed by atoms with Crippen molar-refractivity contribution in [2.75, 3.05) is 26.3 Å². The fourth-order valence-electron chi connectivity index (χ4n) is 1.78. The number of amides is 2. The Morgan fingerprint density at radius 2 is 2.05 bits per heavy atom. The summed E-state index contributed by atoms with van der Waals surface area (Å²) >= 11 is 0. The van der Waals surface area contributed by atoms with Crippen molar-refractivity contribution in [3.05, 3.63) is 0 Å². The van der Waals surface area contributed by atoms with E-state index in [0.29, 0.717) is 0 Å². The quantitative estimate of drug-likeness (QED) is 0.477. The summed E-state index contributed by atoms with van der Waals surface area (Å²) in [6.45, 7) is 0.470. The number of hydrogen-bond acceptors (Lipinski definition) is 5. The van der Waals surface area contributed by atoms with Crippen molar-refractivity contribution < 1.29 is 34.4 Å². The number of carbonyl (C=O) groups is 3. The summed E-state index contributed by atoms with van der Waals surface area (Å²) < 4.78 is 5.17. The van der Waals surface area contributed by atoms with Crippen LogP contribution in [-0.4, -0.2) is 76.6 Å². The molecule has 1 aliphatic heterocycles. The van der Waals surface area contributed by atoms with Crippen LogP contribution in [0.3, 0.4) is 0 Å². The van der Waals surface area contributed by atoms with Gasteiger partial charge in [-0.3, -0.25) is 4.79 Å². The van der Waals surface area contributed by atoms with Gasteiger partial charge in [0.1, 0.15) is 6.04 Å². The zero-order chi connectivity index (χ0) is 15.1. The highest BCUT2D eigenvalue weighted by atomic mass is 16.5. The van der Waals surface area contributed by atoms with E-state index in [1.807, 2.05) is 0 Å². The molecule has 0 bridgehead atoms. The van der Waals surface area contributed by atoms with Crippen LogP contribution in [0.4, 0.5) is 4.79 Å². The molecule has 4 N–H and O–H groups in total. The predicted octanol–water partition coefficient (Wildman–Crippen LogP) is -1.29. The van der Waals surface area contributed by atoms with E-state index in [2.05, 4.69) is 5.32 Å². The van der Waals surface area contributed by atoms with Crippen molar-refractivity contribution in [2.45, 2.75) is 25.0 Å². The monoisotopic (exact) mass is 290 g/mol. The summed E-state index contributed by atoms with van der Waals surface area (Å²) in [4.78, 5) is 34.6. The third kappa shape index (κ3) is 5.02. The van der Waals surface area contributed by atoms with Gasteiger partial charge in [-0.15, -0.1) is 0 Å². The van der Waals surface area contributed by atoms with Crippen LogP contribution in [0.1, 0.15) is 12.8 Å². The van der Waals surface area contributed by atoms with Crippen LogP contribution in [0.25, 0.3) is 0 Å². The molecule has 9 nitrogen and oxygen atoms in total. The average Bonchev–Trinajstić information content (AvgIpc) is 2.42. The van der Waals surface area contributed by atoms with Crippen molar-refractivity contribution in [1.82, 2.24) is 10.2 Å². The minimum Gasteiger partial charge on any atom is -0.481 e. The van der Waals surface area contributed by atoms with Crippen LogP contribution >= 0.6 is 0 Å². The Bertz CT molecular complexity index is 374. The Hall–Kier alpha value is -1.87. The van der Waals surface area contributed by atoms with Crippen LogP contribution in [0.5, 0.6) is 0 Å². The first kappa shape index (κ1) is 16.2. The Balaban J connectivity index is 2.52. The van der Waals surface area contributed by atoms with E-state index in [-0.39, 0.29) is 39.1 Å². The molecule has 2 amide bonds. The molecule has 0 spiro atoms. The van der Waals surface area contributed by atoms with Gasteiger partial charge >= 0.3 is 18.0 Å². The van der Waals surface area contributed by atoms with Gasteiger partial charge in [-0.25, -0.2) is 9.59 Å². The summed E-state index contributed by atoms with van der Waals surface area (Å²) in [5, 5.41) is 28.7. The molecule has 20 heavy (non-hydrogen) atoms. The SMILES string of the molecule is O=C(O)CC[C@H](NC(=O)N1CCOC(CO)C1)C(=O)O.